The Kier molecular flexibility index (Phi) is 4.87. The Morgan fingerprint density at radius 3 is 2.42 bits per heavy atom. The van der Waals surface area contributed by atoms with E-state index in [4.69, 9.17) is 21.6 Å². The van der Waals surface area contributed by atoms with Crippen molar-refractivity contribution < 1.29 is 4.74 Å². The number of ether oxygens (including phenoxy) is 1. The summed E-state index contributed by atoms with van der Waals surface area (Å²) in [6.45, 7) is 0.406. The Hall–Kier alpha value is -1.02. The van der Waals surface area contributed by atoms with Crippen LogP contribution in [0.5, 0.6) is 5.75 Å². The third kappa shape index (κ3) is 3.73. The van der Waals surface area contributed by atoms with Crippen LogP contribution in [0.1, 0.15) is 11.1 Å². The molecule has 0 aliphatic heterocycles. The van der Waals surface area contributed by atoms with E-state index in [2.05, 4.69) is 37.9 Å². The average Bonchev–Trinajstić information content (AvgIpc) is 2.37. The van der Waals surface area contributed by atoms with Gasteiger partial charge < -0.3 is 4.74 Å². The van der Waals surface area contributed by atoms with Gasteiger partial charge in [0.25, 0.3) is 0 Å². The van der Waals surface area contributed by atoms with E-state index >= 15 is 0 Å². The molecule has 0 aliphatic rings. The van der Waals surface area contributed by atoms with Gasteiger partial charge in [0.2, 0.25) is 0 Å². The van der Waals surface area contributed by atoms with Crippen LogP contribution in [0.3, 0.4) is 0 Å². The van der Waals surface area contributed by atoms with Crippen LogP contribution in [0.25, 0.3) is 0 Å². The van der Waals surface area contributed by atoms with E-state index in [1.165, 1.54) is 0 Å². The van der Waals surface area contributed by atoms with Crippen molar-refractivity contribution in [2.75, 3.05) is 0 Å². The molecule has 0 unspecified atom stereocenters. The second-order valence-corrected chi connectivity index (χ2v) is 5.94. The minimum atomic E-state index is 0.406. The van der Waals surface area contributed by atoms with Crippen LogP contribution in [0, 0.1) is 11.3 Å². The van der Waals surface area contributed by atoms with E-state index in [1.54, 1.807) is 12.1 Å². The van der Waals surface area contributed by atoms with Crippen LogP contribution >= 0.6 is 43.5 Å². The van der Waals surface area contributed by atoms with Crippen LogP contribution in [-0.2, 0) is 6.61 Å². The molecule has 0 atom stereocenters. The first-order chi connectivity index (χ1) is 9.10. The molecule has 2 aromatic carbocycles. The number of rotatable bonds is 3. The lowest BCUT2D eigenvalue weighted by Gasteiger charge is -2.11. The van der Waals surface area contributed by atoms with E-state index in [1.807, 2.05) is 24.3 Å². The second kappa shape index (κ2) is 6.42. The zero-order valence-electron chi connectivity index (χ0n) is 9.66. The van der Waals surface area contributed by atoms with Gasteiger partial charge in [-0.2, -0.15) is 5.26 Å². The number of nitrogens with zero attached hydrogens (tertiary/aromatic N) is 1. The lowest BCUT2D eigenvalue weighted by Crippen LogP contribution is -1.97. The second-order valence-electron chi connectivity index (χ2n) is 3.80. The number of hydrogen-bond acceptors (Lipinski definition) is 2. The van der Waals surface area contributed by atoms with E-state index in [0.717, 1.165) is 14.5 Å². The van der Waals surface area contributed by atoms with E-state index in [0.29, 0.717) is 22.9 Å². The van der Waals surface area contributed by atoms with Crippen LogP contribution in [0.2, 0.25) is 5.02 Å². The summed E-state index contributed by atoms with van der Waals surface area (Å²) in [5.74, 6) is 0.666. The zero-order chi connectivity index (χ0) is 13.8. The van der Waals surface area contributed by atoms with Gasteiger partial charge in [0.05, 0.1) is 20.6 Å². The molecule has 2 rings (SSSR count). The molecule has 0 amide bonds. The van der Waals surface area contributed by atoms with Crippen LogP contribution in [0.15, 0.2) is 45.3 Å². The summed E-state index contributed by atoms with van der Waals surface area (Å²) in [5, 5.41) is 9.55. The standard InChI is InChI=1S/C14H8Br2ClNO/c15-12-5-10(7-18)6-13(16)14(12)19-8-9-2-1-3-11(17)4-9/h1-6H,8H2. The highest BCUT2D eigenvalue weighted by Crippen LogP contribution is 2.35. The third-order valence-corrected chi connectivity index (χ3v) is 3.81. The molecule has 5 heteroatoms. The number of benzene rings is 2. The normalized spacial score (nSPS) is 10.0. The quantitative estimate of drug-likeness (QED) is 0.698. The van der Waals surface area contributed by atoms with Gasteiger partial charge in [-0.25, -0.2) is 0 Å². The summed E-state index contributed by atoms with van der Waals surface area (Å²) >= 11 is 12.7. The average molecular weight is 401 g/mol. The van der Waals surface area contributed by atoms with Gasteiger partial charge in [-0.3, -0.25) is 0 Å². The molecule has 0 aliphatic carbocycles. The topological polar surface area (TPSA) is 33.0 Å². The third-order valence-electron chi connectivity index (χ3n) is 2.40. The molecule has 19 heavy (non-hydrogen) atoms. The first-order valence-electron chi connectivity index (χ1n) is 5.36. The van der Waals surface area contributed by atoms with Gasteiger partial charge in [-0.15, -0.1) is 0 Å². The van der Waals surface area contributed by atoms with Crippen molar-refractivity contribution in [3.05, 3.63) is 61.5 Å². The van der Waals surface area contributed by atoms with Crippen molar-refractivity contribution in [3.63, 3.8) is 0 Å². The summed E-state index contributed by atoms with van der Waals surface area (Å²) in [4.78, 5) is 0. The van der Waals surface area contributed by atoms with Crippen molar-refractivity contribution in [2.45, 2.75) is 6.61 Å². The highest BCUT2D eigenvalue weighted by molar-refractivity contribution is 9.11. The molecule has 2 nitrogen and oxygen atoms in total. The SMILES string of the molecule is N#Cc1cc(Br)c(OCc2cccc(Cl)c2)c(Br)c1. The highest BCUT2D eigenvalue weighted by atomic mass is 79.9. The molecule has 0 saturated carbocycles. The molecule has 96 valence electrons. The van der Waals surface area contributed by atoms with E-state index in [-0.39, 0.29) is 0 Å². The fourth-order valence-electron chi connectivity index (χ4n) is 1.54. The van der Waals surface area contributed by atoms with Gasteiger partial charge in [-0.1, -0.05) is 23.7 Å². The lowest BCUT2D eigenvalue weighted by atomic mass is 10.2. The van der Waals surface area contributed by atoms with Gasteiger partial charge in [0, 0.05) is 5.02 Å². The van der Waals surface area contributed by atoms with E-state index in [9.17, 15) is 0 Å². The largest absolute Gasteiger partial charge is 0.487 e. The minimum Gasteiger partial charge on any atom is -0.487 e. The molecule has 0 N–H and O–H groups in total. The Morgan fingerprint density at radius 2 is 1.84 bits per heavy atom. The van der Waals surface area contributed by atoms with Gasteiger partial charge in [-0.05, 0) is 61.7 Å². The monoisotopic (exact) mass is 399 g/mol. The maximum Gasteiger partial charge on any atom is 0.148 e. The molecule has 2 aromatic rings. The molecule has 0 fully saturated rings. The van der Waals surface area contributed by atoms with Crippen LogP contribution in [0.4, 0.5) is 0 Å². The Bertz CT molecular complexity index is 629. The first kappa shape index (κ1) is 14.4. The molecule has 0 radical (unpaired) electrons. The Morgan fingerprint density at radius 1 is 1.16 bits per heavy atom. The molecular weight excluding hydrogens is 393 g/mol. The highest BCUT2D eigenvalue weighted by Gasteiger charge is 2.09. The minimum absolute atomic E-state index is 0.406. The predicted octanol–water partition coefficient (Wildman–Crippen LogP) is 5.32. The van der Waals surface area contributed by atoms with Gasteiger partial charge in [0.1, 0.15) is 12.4 Å². The van der Waals surface area contributed by atoms with E-state index < -0.39 is 0 Å². The van der Waals surface area contributed by atoms with Crippen molar-refractivity contribution in [2.24, 2.45) is 0 Å². The maximum atomic E-state index is 8.87. The fraction of sp³-hybridized carbons (Fsp3) is 0.0714. The summed E-state index contributed by atoms with van der Waals surface area (Å²) in [7, 11) is 0. The molecule has 0 saturated heterocycles. The number of nitriles is 1. The molecule has 0 bridgehead atoms. The Balaban J connectivity index is 2.18. The van der Waals surface area contributed by atoms with Crippen molar-refractivity contribution in [3.8, 4) is 11.8 Å². The van der Waals surface area contributed by atoms with Crippen molar-refractivity contribution in [1.29, 1.82) is 5.26 Å². The van der Waals surface area contributed by atoms with Gasteiger partial charge in [0.15, 0.2) is 0 Å². The number of halogens is 3. The van der Waals surface area contributed by atoms with Crippen molar-refractivity contribution >= 4 is 43.5 Å². The molecular formula is C14H8Br2ClNO. The summed E-state index contributed by atoms with van der Waals surface area (Å²) < 4.78 is 7.22. The summed E-state index contributed by atoms with van der Waals surface area (Å²) in [6.07, 6.45) is 0. The molecule has 0 spiro atoms. The van der Waals surface area contributed by atoms with Crippen LogP contribution < -0.4 is 4.74 Å². The van der Waals surface area contributed by atoms with Crippen molar-refractivity contribution in [1.82, 2.24) is 0 Å². The Labute approximate surface area is 133 Å². The lowest BCUT2D eigenvalue weighted by molar-refractivity contribution is 0.302. The first-order valence-corrected chi connectivity index (χ1v) is 7.33. The fourth-order valence-corrected chi connectivity index (χ4v) is 3.17. The molecule has 0 heterocycles. The smallest absolute Gasteiger partial charge is 0.148 e. The summed E-state index contributed by atoms with van der Waals surface area (Å²) in [5.41, 5.74) is 1.55. The maximum absolute atomic E-state index is 8.87. The summed E-state index contributed by atoms with van der Waals surface area (Å²) in [6, 6.07) is 13.0. The zero-order valence-corrected chi connectivity index (χ0v) is 13.6. The molecule has 0 aromatic heterocycles. The predicted molar refractivity (Wildman–Crippen MR) is 82.3 cm³/mol. The van der Waals surface area contributed by atoms with Crippen LogP contribution in [-0.4, -0.2) is 0 Å². The van der Waals surface area contributed by atoms with Gasteiger partial charge >= 0.3 is 0 Å². The number of hydrogen-bond donors (Lipinski definition) is 0.